The summed E-state index contributed by atoms with van der Waals surface area (Å²) in [6.45, 7) is 0. The Bertz CT molecular complexity index is 1570. The van der Waals surface area contributed by atoms with E-state index in [0.717, 1.165) is 48.5 Å². The number of hydrogen-bond acceptors (Lipinski definition) is 9. The van der Waals surface area contributed by atoms with Gasteiger partial charge >= 0.3 is 34.8 Å². The number of ether oxygens (including phenoxy) is 1. The van der Waals surface area contributed by atoms with Crippen LogP contribution in [0, 0.1) is 40.5 Å². The number of halogens is 6. The first-order chi connectivity index (χ1) is 20.9. The van der Waals surface area contributed by atoms with E-state index in [-0.39, 0.29) is 24.3 Å². The van der Waals surface area contributed by atoms with Crippen LogP contribution in [0.25, 0.3) is 0 Å². The molecule has 0 aromatic heterocycles. The highest BCUT2D eigenvalue weighted by atomic mass is 19.4. The molecule has 13 nitrogen and oxygen atoms in total. The minimum atomic E-state index is -5.77. The number of benzene rings is 2. The molecule has 2 aliphatic rings. The molecule has 0 aliphatic heterocycles. The molecule has 2 aromatic rings. The lowest BCUT2D eigenvalue weighted by atomic mass is 9.73. The van der Waals surface area contributed by atoms with Gasteiger partial charge in [-0.3, -0.25) is 40.5 Å². The lowest BCUT2D eigenvalue weighted by Crippen LogP contribution is -2.57. The molecule has 0 fully saturated rings. The molecule has 0 N–H and O–H groups in total. The highest BCUT2D eigenvalue weighted by molar-refractivity contribution is 5.46. The van der Waals surface area contributed by atoms with Crippen molar-refractivity contribution in [2.45, 2.75) is 35.3 Å². The first-order valence-electron chi connectivity index (χ1n) is 12.3. The van der Waals surface area contributed by atoms with Crippen LogP contribution in [0.1, 0.15) is 23.0 Å². The van der Waals surface area contributed by atoms with Crippen molar-refractivity contribution in [2.24, 2.45) is 0 Å². The highest BCUT2D eigenvalue weighted by Crippen LogP contribution is 2.54. The van der Waals surface area contributed by atoms with Gasteiger partial charge in [0.15, 0.2) is 11.8 Å². The molecule has 4 rings (SSSR count). The predicted octanol–water partition coefficient (Wildman–Crippen LogP) is 5.84. The molecule has 2 aromatic carbocycles. The zero-order valence-electron chi connectivity index (χ0n) is 22.0. The van der Waals surface area contributed by atoms with Gasteiger partial charge in [0.2, 0.25) is 11.5 Å². The Kier molecular flexibility index (Phi) is 8.00. The summed E-state index contributed by atoms with van der Waals surface area (Å²) in [5, 5.41) is 48.6. The molecule has 0 heterocycles. The maximum atomic E-state index is 14.4. The summed E-state index contributed by atoms with van der Waals surface area (Å²) in [5.41, 5.74) is -12.7. The Labute approximate surface area is 246 Å². The average molecular weight is 642 g/mol. The first kappa shape index (κ1) is 32.3. The van der Waals surface area contributed by atoms with Crippen molar-refractivity contribution in [2.75, 3.05) is 0 Å². The molecule has 0 saturated heterocycles. The standard InChI is InChI=1S/C26H16F6N4O9/c27-25(28,29)23(35(41)42)13-11-17(21(33(37)38)19(23)15-7-3-1-4-8-15)45-18-12-14-24(36(43)44,26(30,31)32)20(22(18)34(39)40)16-9-5-2-6-10-16/h1-14,19-20H. The number of nitrogens with zero attached hydrogens (tertiary/aromatic N) is 4. The maximum absolute atomic E-state index is 14.4. The largest absolute Gasteiger partial charge is 0.466 e. The zero-order chi connectivity index (χ0) is 33.5. The van der Waals surface area contributed by atoms with Crippen LogP contribution in [0.2, 0.25) is 0 Å². The second-order valence-corrected chi connectivity index (χ2v) is 9.63. The summed E-state index contributed by atoms with van der Waals surface area (Å²) in [6, 6.07) is 10.8. The van der Waals surface area contributed by atoms with E-state index in [1.807, 2.05) is 0 Å². The summed E-state index contributed by atoms with van der Waals surface area (Å²) in [4.78, 5) is 42.1. The third-order valence-corrected chi connectivity index (χ3v) is 7.30. The number of rotatable bonds is 8. The Morgan fingerprint density at radius 3 is 1.13 bits per heavy atom. The molecule has 236 valence electrons. The van der Waals surface area contributed by atoms with Crippen LogP contribution < -0.4 is 0 Å². The van der Waals surface area contributed by atoms with Crippen LogP contribution >= 0.6 is 0 Å². The number of hydrogen-bond donors (Lipinski definition) is 0. The molecule has 0 spiro atoms. The van der Waals surface area contributed by atoms with Gasteiger partial charge in [0.25, 0.3) is 0 Å². The summed E-state index contributed by atoms with van der Waals surface area (Å²) in [5.74, 6) is -8.01. The normalized spacial score (nSPS) is 25.2. The van der Waals surface area contributed by atoms with Crippen LogP contribution in [0.15, 0.2) is 108 Å². The van der Waals surface area contributed by atoms with E-state index in [1.54, 1.807) is 0 Å². The van der Waals surface area contributed by atoms with Gasteiger partial charge in [-0.2, -0.15) is 26.3 Å². The smallest absolute Gasteiger partial charge is 0.444 e. The fourth-order valence-corrected chi connectivity index (χ4v) is 5.32. The van der Waals surface area contributed by atoms with Crippen LogP contribution in [0.5, 0.6) is 0 Å². The third-order valence-electron chi connectivity index (χ3n) is 7.30. The Morgan fingerprint density at radius 1 is 0.578 bits per heavy atom. The zero-order valence-corrected chi connectivity index (χ0v) is 22.0. The third kappa shape index (κ3) is 5.04. The molecule has 4 atom stereocenters. The van der Waals surface area contributed by atoms with E-state index in [4.69, 9.17) is 4.74 Å². The molecular formula is C26H16F6N4O9. The molecular weight excluding hydrogens is 626 g/mol. The van der Waals surface area contributed by atoms with Crippen LogP contribution in [0.4, 0.5) is 26.3 Å². The predicted molar refractivity (Wildman–Crippen MR) is 137 cm³/mol. The van der Waals surface area contributed by atoms with Gasteiger partial charge in [-0.1, -0.05) is 60.7 Å². The van der Waals surface area contributed by atoms with Crippen molar-refractivity contribution >= 4 is 0 Å². The molecule has 4 unspecified atom stereocenters. The summed E-state index contributed by atoms with van der Waals surface area (Å²) in [7, 11) is 0. The van der Waals surface area contributed by atoms with E-state index in [9.17, 15) is 66.8 Å². The molecule has 0 radical (unpaired) electrons. The quantitative estimate of drug-likeness (QED) is 0.194. The van der Waals surface area contributed by atoms with E-state index in [2.05, 4.69) is 0 Å². The maximum Gasteiger partial charge on any atom is 0.466 e. The van der Waals surface area contributed by atoms with Gasteiger partial charge in [-0.15, -0.1) is 0 Å². The summed E-state index contributed by atoms with van der Waals surface area (Å²) in [6.07, 6.45) is -11.4. The van der Waals surface area contributed by atoms with Gasteiger partial charge in [0.1, 0.15) is 0 Å². The van der Waals surface area contributed by atoms with Crippen molar-refractivity contribution in [1.29, 1.82) is 0 Å². The fraction of sp³-hybridized carbons (Fsp3) is 0.231. The number of allylic oxidation sites excluding steroid dienone is 2. The topological polar surface area (TPSA) is 182 Å². The average Bonchev–Trinajstić information content (AvgIpc) is 2.95. The van der Waals surface area contributed by atoms with Crippen molar-refractivity contribution in [3.63, 3.8) is 0 Å². The van der Waals surface area contributed by atoms with Crippen molar-refractivity contribution in [3.8, 4) is 0 Å². The molecule has 45 heavy (non-hydrogen) atoms. The lowest BCUT2D eigenvalue weighted by Gasteiger charge is -2.34. The van der Waals surface area contributed by atoms with E-state index in [1.165, 1.54) is 12.1 Å². The van der Waals surface area contributed by atoms with Crippen LogP contribution in [-0.2, 0) is 4.74 Å². The van der Waals surface area contributed by atoms with Gasteiger partial charge in [0.05, 0.1) is 9.85 Å². The molecule has 19 heteroatoms. The second kappa shape index (κ2) is 11.1. The Balaban J connectivity index is 2.05. The summed E-state index contributed by atoms with van der Waals surface area (Å²) >= 11 is 0. The van der Waals surface area contributed by atoms with Gasteiger partial charge in [-0.05, 0) is 23.3 Å². The minimum Gasteiger partial charge on any atom is -0.444 e. The van der Waals surface area contributed by atoms with Crippen molar-refractivity contribution in [1.82, 2.24) is 0 Å². The van der Waals surface area contributed by atoms with Crippen molar-refractivity contribution < 1.29 is 50.8 Å². The van der Waals surface area contributed by atoms with Gasteiger partial charge in [0, 0.05) is 22.0 Å². The van der Waals surface area contributed by atoms with E-state index >= 15 is 0 Å². The first-order valence-corrected chi connectivity index (χ1v) is 12.3. The summed E-state index contributed by atoms with van der Waals surface area (Å²) < 4.78 is 91.8. The van der Waals surface area contributed by atoms with Crippen molar-refractivity contribution in [3.05, 3.63) is 159 Å². The SMILES string of the molecule is O=[N+]([O-])C1=C(OC2=C([N+](=O)[O-])C(c3ccccc3)C([N+](=O)[O-])(C(F)(F)F)C=C2)C=CC([N+](=O)[O-])(C(F)(F)F)C1c1ccccc1. The number of nitro groups is 4. The number of alkyl halides is 6. The Hall–Kier alpha value is -5.62. The molecule has 0 bridgehead atoms. The van der Waals surface area contributed by atoms with Gasteiger partial charge in [-0.25, -0.2) is 0 Å². The Morgan fingerprint density at radius 2 is 0.889 bits per heavy atom. The second-order valence-electron chi connectivity index (χ2n) is 9.63. The lowest BCUT2D eigenvalue weighted by molar-refractivity contribution is -0.607. The van der Waals surface area contributed by atoms with Crippen LogP contribution in [0.3, 0.4) is 0 Å². The van der Waals surface area contributed by atoms with Gasteiger partial charge < -0.3 is 4.74 Å². The highest BCUT2D eigenvalue weighted by Gasteiger charge is 2.75. The van der Waals surface area contributed by atoms with E-state index < -0.39 is 89.0 Å². The molecule has 0 amide bonds. The van der Waals surface area contributed by atoms with E-state index in [0.29, 0.717) is 0 Å². The molecule has 0 saturated carbocycles. The molecule has 2 aliphatic carbocycles. The van der Waals surface area contributed by atoms with Crippen LogP contribution in [-0.4, -0.2) is 43.1 Å². The monoisotopic (exact) mass is 642 g/mol. The minimum absolute atomic E-state index is 0.0718. The fourth-order valence-electron chi connectivity index (χ4n) is 5.32.